The zero-order valence-electron chi connectivity index (χ0n) is 30.2. The van der Waals surface area contributed by atoms with E-state index >= 15 is 0 Å². The van der Waals surface area contributed by atoms with Crippen LogP contribution >= 0.6 is 0 Å². The fourth-order valence-electron chi connectivity index (χ4n) is 6.74. The number of nitrogens with zero attached hydrogens (tertiary/aromatic N) is 3. The van der Waals surface area contributed by atoms with Gasteiger partial charge in [0, 0.05) is 27.8 Å². The maximum atomic E-state index is 14.1. The molecular weight excluding hydrogens is 594 g/mol. The van der Waals surface area contributed by atoms with Crippen molar-refractivity contribution in [1.29, 1.82) is 0 Å². The largest absolute Gasteiger partial charge is 0.480 e. The van der Waals surface area contributed by atoms with Gasteiger partial charge in [-0.3, -0.25) is 28.9 Å². The van der Waals surface area contributed by atoms with Crippen LogP contribution in [0.4, 0.5) is 0 Å². The minimum Gasteiger partial charge on any atom is -0.480 e. The third kappa shape index (κ3) is 10.9. The maximum absolute atomic E-state index is 14.1. The number of carbonyl (C=O) groups is 5. The van der Waals surface area contributed by atoms with Crippen LogP contribution in [0.3, 0.4) is 0 Å². The molecule has 0 aliphatic carbocycles. The van der Waals surface area contributed by atoms with E-state index in [1.165, 1.54) is 14.2 Å². The van der Waals surface area contributed by atoms with Gasteiger partial charge in [-0.1, -0.05) is 54.9 Å². The molecular formula is C33H61N5O8. The second-order valence-corrected chi connectivity index (χ2v) is 13.6. The van der Waals surface area contributed by atoms with Gasteiger partial charge in [0.1, 0.15) is 12.6 Å². The molecule has 1 heterocycles. The Balaban J connectivity index is 3.25. The average molecular weight is 656 g/mol. The number of likely N-dealkylation sites (tertiary alicyclic amines) is 1. The number of ether oxygens (including phenoxy) is 2. The van der Waals surface area contributed by atoms with Gasteiger partial charge in [0.2, 0.25) is 23.6 Å². The average Bonchev–Trinajstić information content (AvgIpc) is 3.46. The number of methoxy groups -OCH3 is 2. The molecule has 0 unspecified atom stereocenters. The second-order valence-electron chi connectivity index (χ2n) is 13.6. The molecule has 4 amide bonds. The Kier molecular flexibility index (Phi) is 17.2. The highest BCUT2D eigenvalue weighted by Crippen LogP contribution is 2.29. The molecule has 8 atom stereocenters. The van der Waals surface area contributed by atoms with E-state index in [0.717, 1.165) is 12.8 Å². The number of carboxylic acids is 1. The first-order valence-corrected chi connectivity index (χ1v) is 16.5. The first kappa shape index (κ1) is 41.3. The number of hydrogen-bond acceptors (Lipinski definition) is 8. The summed E-state index contributed by atoms with van der Waals surface area (Å²) in [5.41, 5.74) is 0. The summed E-state index contributed by atoms with van der Waals surface area (Å²) in [5, 5.41) is 14.4. The summed E-state index contributed by atoms with van der Waals surface area (Å²) in [7, 11) is 8.41. The Bertz CT molecular complexity index is 1010. The van der Waals surface area contributed by atoms with Crippen LogP contribution in [0.1, 0.15) is 74.1 Å². The predicted molar refractivity (Wildman–Crippen MR) is 176 cm³/mol. The van der Waals surface area contributed by atoms with Crippen LogP contribution in [-0.2, 0) is 33.4 Å². The van der Waals surface area contributed by atoms with Crippen molar-refractivity contribution in [2.75, 3.05) is 48.5 Å². The minimum absolute atomic E-state index is 0.00437. The molecule has 0 aromatic rings. The fraction of sp³-hybridized carbons (Fsp3) is 0.848. The van der Waals surface area contributed by atoms with Gasteiger partial charge in [0.05, 0.1) is 42.7 Å². The summed E-state index contributed by atoms with van der Waals surface area (Å²) < 4.78 is 11.6. The SMILES string of the molecule is CC[C@H](C)[C@@H]([C@@H](CC(=O)N1CCC[C@H]1[C@H](OC)[C@@H](C)C(=O)NCC(=O)O)OC)N(C)C(=O)[C@@H](NC(=O)[C@H](C(C)C)N(C)C)C(C)C. The second kappa shape index (κ2) is 19.1. The number of rotatable bonds is 19. The van der Waals surface area contributed by atoms with E-state index in [2.05, 4.69) is 10.6 Å². The zero-order valence-corrected chi connectivity index (χ0v) is 30.2. The van der Waals surface area contributed by atoms with E-state index in [1.54, 1.807) is 23.8 Å². The number of hydrogen-bond donors (Lipinski definition) is 3. The van der Waals surface area contributed by atoms with Gasteiger partial charge >= 0.3 is 5.97 Å². The fourth-order valence-corrected chi connectivity index (χ4v) is 6.74. The van der Waals surface area contributed by atoms with E-state index in [1.807, 2.05) is 60.5 Å². The molecule has 0 aromatic heterocycles. The highest BCUT2D eigenvalue weighted by molar-refractivity contribution is 5.90. The molecule has 0 bridgehead atoms. The Morgan fingerprint density at radius 3 is 2.00 bits per heavy atom. The number of aliphatic carboxylic acids is 1. The molecule has 13 nitrogen and oxygen atoms in total. The molecule has 3 N–H and O–H groups in total. The summed E-state index contributed by atoms with van der Waals surface area (Å²) in [6, 6.07) is -2.01. The molecule has 46 heavy (non-hydrogen) atoms. The normalized spacial score (nSPS) is 19.7. The van der Waals surface area contributed by atoms with Gasteiger partial charge in [-0.25, -0.2) is 0 Å². The molecule has 266 valence electrons. The van der Waals surface area contributed by atoms with Crippen LogP contribution in [0, 0.1) is 23.7 Å². The van der Waals surface area contributed by atoms with Crippen LogP contribution < -0.4 is 10.6 Å². The monoisotopic (exact) mass is 655 g/mol. The standard InChI is InChI=1S/C33H61N5O8/c1-13-21(6)29(37(10)33(44)27(19(2)3)35-32(43)28(20(4)5)36(8)9)24(45-11)17-25(39)38-16-14-15-23(38)30(46-12)22(7)31(42)34-18-26(40)41/h19-24,27-30H,13-18H2,1-12H3,(H,34,42)(H,35,43)(H,40,41)/t21-,22+,23-,24+,27-,28-,29-,30+/m0/s1. The molecule has 1 aliphatic heterocycles. The summed E-state index contributed by atoms with van der Waals surface area (Å²) >= 11 is 0. The lowest BCUT2D eigenvalue weighted by atomic mass is 9.89. The predicted octanol–water partition coefficient (Wildman–Crippen LogP) is 1.83. The van der Waals surface area contributed by atoms with Gasteiger partial charge in [-0.05, 0) is 44.7 Å². The molecule has 0 radical (unpaired) electrons. The first-order valence-electron chi connectivity index (χ1n) is 16.5. The molecule has 1 aliphatic rings. The van der Waals surface area contributed by atoms with Crippen molar-refractivity contribution in [2.45, 2.75) is 111 Å². The van der Waals surface area contributed by atoms with Gasteiger partial charge in [-0.15, -0.1) is 0 Å². The maximum Gasteiger partial charge on any atom is 0.322 e. The van der Waals surface area contributed by atoms with Crippen molar-refractivity contribution in [3.05, 3.63) is 0 Å². The smallest absolute Gasteiger partial charge is 0.322 e. The van der Waals surface area contributed by atoms with Crippen molar-refractivity contribution >= 4 is 29.6 Å². The van der Waals surface area contributed by atoms with Gasteiger partial charge in [-0.2, -0.15) is 0 Å². The van der Waals surface area contributed by atoms with E-state index in [9.17, 15) is 24.0 Å². The molecule has 1 rings (SSSR count). The molecule has 0 spiro atoms. The van der Waals surface area contributed by atoms with Gasteiger partial charge < -0.3 is 35.0 Å². The van der Waals surface area contributed by atoms with E-state index < -0.39 is 54.7 Å². The van der Waals surface area contributed by atoms with Crippen LogP contribution in [-0.4, -0.2) is 134 Å². The number of amides is 4. The highest BCUT2D eigenvalue weighted by atomic mass is 16.5. The molecule has 0 aromatic carbocycles. The van der Waals surface area contributed by atoms with E-state index in [0.29, 0.717) is 13.0 Å². The molecule has 1 saturated heterocycles. The van der Waals surface area contributed by atoms with Crippen LogP contribution in [0.2, 0.25) is 0 Å². The summed E-state index contributed by atoms with van der Waals surface area (Å²) in [6.07, 6.45) is 0.819. The van der Waals surface area contributed by atoms with Gasteiger partial charge in [0.25, 0.3) is 0 Å². The van der Waals surface area contributed by atoms with Crippen LogP contribution in [0.15, 0.2) is 0 Å². The Morgan fingerprint density at radius 2 is 1.54 bits per heavy atom. The zero-order chi connectivity index (χ0) is 35.5. The first-order chi connectivity index (χ1) is 21.4. The van der Waals surface area contributed by atoms with Crippen molar-refractivity contribution in [2.24, 2.45) is 23.7 Å². The molecule has 13 heteroatoms. The summed E-state index contributed by atoms with van der Waals surface area (Å²) in [4.78, 5) is 70.1. The van der Waals surface area contributed by atoms with E-state index in [4.69, 9.17) is 14.6 Å². The molecule has 1 fully saturated rings. The summed E-state index contributed by atoms with van der Waals surface area (Å²) in [6.45, 7) is 13.4. The third-order valence-electron chi connectivity index (χ3n) is 9.36. The topological polar surface area (TPSA) is 158 Å². The number of likely N-dealkylation sites (N-methyl/N-ethyl adjacent to an activating group) is 2. The Morgan fingerprint density at radius 1 is 0.935 bits per heavy atom. The summed E-state index contributed by atoms with van der Waals surface area (Å²) in [5.74, 6) is -3.10. The quantitative estimate of drug-likeness (QED) is 0.189. The lowest BCUT2D eigenvalue weighted by Gasteiger charge is -2.41. The van der Waals surface area contributed by atoms with Crippen LogP contribution in [0.25, 0.3) is 0 Å². The van der Waals surface area contributed by atoms with E-state index in [-0.39, 0.29) is 47.9 Å². The number of carboxylic acid groups (broad SMARTS) is 1. The Labute approximate surface area is 276 Å². The number of carbonyl (C=O) groups excluding carboxylic acids is 4. The number of nitrogens with one attached hydrogen (secondary N) is 2. The minimum atomic E-state index is -1.15. The third-order valence-corrected chi connectivity index (χ3v) is 9.36. The van der Waals surface area contributed by atoms with Crippen molar-refractivity contribution < 1.29 is 38.6 Å². The van der Waals surface area contributed by atoms with Crippen molar-refractivity contribution in [3.8, 4) is 0 Å². The van der Waals surface area contributed by atoms with Crippen molar-refractivity contribution in [3.63, 3.8) is 0 Å². The lowest BCUT2D eigenvalue weighted by molar-refractivity contribution is -0.148. The molecule has 0 saturated carbocycles. The Hall–Kier alpha value is -2.77. The lowest BCUT2D eigenvalue weighted by Crippen LogP contribution is -2.59. The van der Waals surface area contributed by atoms with Gasteiger partial charge in [0.15, 0.2) is 0 Å². The van der Waals surface area contributed by atoms with Crippen molar-refractivity contribution in [1.82, 2.24) is 25.3 Å². The highest BCUT2D eigenvalue weighted by Gasteiger charge is 2.43. The van der Waals surface area contributed by atoms with Crippen LogP contribution in [0.5, 0.6) is 0 Å².